The minimum Gasteiger partial charge on any atom is -0.489 e. The molecule has 0 aromatic heterocycles. The van der Waals surface area contributed by atoms with Crippen molar-refractivity contribution >= 4 is 17.3 Å². The topological polar surface area (TPSA) is 45.1 Å². The quantitative estimate of drug-likeness (QED) is 0.837. The van der Waals surface area contributed by atoms with Gasteiger partial charge in [0.05, 0.1) is 5.41 Å². The van der Waals surface area contributed by atoms with E-state index in [-0.39, 0.29) is 11.9 Å². The van der Waals surface area contributed by atoms with E-state index in [0.717, 1.165) is 22.6 Å². The first-order chi connectivity index (χ1) is 12.4. The Labute approximate surface area is 153 Å². The van der Waals surface area contributed by atoms with Gasteiger partial charge in [-0.25, -0.2) is 0 Å². The summed E-state index contributed by atoms with van der Waals surface area (Å²) >= 11 is 0. The standard InChI is InChI=1S/C21H23N3O2/c1-14-10-11-17-16(12-14)24-18(13-26-17)21(2,15-8-6-5-7-9-15)19(22-24)20(25)23(3)4/h5-12,18H,13H2,1-4H3. The zero-order valence-corrected chi connectivity index (χ0v) is 15.6. The highest BCUT2D eigenvalue weighted by molar-refractivity contribution is 6.43. The van der Waals surface area contributed by atoms with E-state index in [0.29, 0.717) is 12.3 Å². The van der Waals surface area contributed by atoms with Gasteiger partial charge in [0.25, 0.3) is 5.91 Å². The zero-order valence-electron chi connectivity index (χ0n) is 15.6. The Morgan fingerprint density at radius 1 is 1.23 bits per heavy atom. The fraction of sp³-hybridized carbons (Fsp3) is 0.333. The molecule has 0 saturated carbocycles. The number of hydrogen-bond acceptors (Lipinski definition) is 4. The highest BCUT2D eigenvalue weighted by atomic mass is 16.5. The molecule has 2 heterocycles. The molecule has 2 aliphatic rings. The van der Waals surface area contributed by atoms with Gasteiger partial charge in [-0.2, -0.15) is 5.10 Å². The monoisotopic (exact) mass is 349 g/mol. The number of anilines is 1. The van der Waals surface area contributed by atoms with E-state index >= 15 is 0 Å². The van der Waals surface area contributed by atoms with Crippen LogP contribution in [0.1, 0.15) is 18.1 Å². The molecule has 2 unspecified atom stereocenters. The first-order valence-corrected chi connectivity index (χ1v) is 8.82. The lowest BCUT2D eigenvalue weighted by molar-refractivity contribution is -0.122. The number of hydrogen-bond donors (Lipinski definition) is 0. The lowest BCUT2D eigenvalue weighted by Gasteiger charge is -2.39. The Morgan fingerprint density at radius 3 is 2.65 bits per heavy atom. The summed E-state index contributed by atoms with van der Waals surface area (Å²) < 4.78 is 6.06. The van der Waals surface area contributed by atoms with Crippen molar-refractivity contribution in [2.24, 2.45) is 5.10 Å². The van der Waals surface area contributed by atoms with Crippen LogP contribution in [0, 0.1) is 6.92 Å². The number of fused-ring (bicyclic) bond motifs is 3. The summed E-state index contributed by atoms with van der Waals surface area (Å²) in [6.07, 6.45) is 0. The van der Waals surface area contributed by atoms with Crippen molar-refractivity contribution in [2.45, 2.75) is 25.3 Å². The lowest BCUT2D eigenvalue weighted by Crippen LogP contribution is -2.53. The van der Waals surface area contributed by atoms with E-state index in [1.807, 2.05) is 42.3 Å². The third-order valence-electron chi connectivity index (χ3n) is 5.40. The number of amides is 1. The van der Waals surface area contributed by atoms with E-state index in [1.54, 1.807) is 19.0 Å². The molecule has 0 fully saturated rings. The van der Waals surface area contributed by atoms with Crippen LogP contribution in [0.15, 0.2) is 53.6 Å². The van der Waals surface area contributed by atoms with Gasteiger partial charge in [0.2, 0.25) is 0 Å². The fourth-order valence-electron chi connectivity index (χ4n) is 3.83. The van der Waals surface area contributed by atoms with Crippen LogP contribution < -0.4 is 9.75 Å². The summed E-state index contributed by atoms with van der Waals surface area (Å²) in [5.74, 6) is 0.740. The van der Waals surface area contributed by atoms with Gasteiger partial charge in [0, 0.05) is 14.1 Å². The maximum Gasteiger partial charge on any atom is 0.270 e. The number of benzene rings is 2. The summed E-state index contributed by atoms with van der Waals surface area (Å²) in [6, 6.07) is 16.1. The van der Waals surface area contributed by atoms with Crippen molar-refractivity contribution in [3.05, 3.63) is 59.7 Å². The maximum absolute atomic E-state index is 13.0. The van der Waals surface area contributed by atoms with Gasteiger partial charge in [-0.1, -0.05) is 36.4 Å². The number of carbonyl (C=O) groups is 1. The molecule has 2 aliphatic heterocycles. The second-order valence-corrected chi connectivity index (χ2v) is 7.36. The highest BCUT2D eigenvalue weighted by Crippen LogP contribution is 2.46. The largest absolute Gasteiger partial charge is 0.489 e. The number of hydrazone groups is 1. The Balaban J connectivity index is 1.90. The molecular formula is C21H23N3O2. The molecule has 0 saturated heterocycles. The number of ether oxygens (including phenoxy) is 1. The second-order valence-electron chi connectivity index (χ2n) is 7.36. The van der Waals surface area contributed by atoms with E-state index < -0.39 is 5.41 Å². The van der Waals surface area contributed by atoms with Crippen molar-refractivity contribution in [3.63, 3.8) is 0 Å². The summed E-state index contributed by atoms with van der Waals surface area (Å²) in [7, 11) is 3.53. The molecular weight excluding hydrogens is 326 g/mol. The van der Waals surface area contributed by atoms with Crippen molar-refractivity contribution in [1.29, 1.82) is 0 Å². The summed E-state index contributed by atoms with van der Waals surface area (Å²) in [5, 5.41) is 6.80. The van der Waals surface area contributed by atoms with Gasteiger partial charge >= 0.3 is 0 Å². The van der Waals surface area contributed by atoms with Crippen LogP contribution in [0.2, 0.25) is 0 Å². The normalized spacial score (nSPS) is 23.6. The van der Waals surface area contributed by atoms with Gasteiger partial charge in [-0.05, 0) is 37.1 Å². The van der Waals surface area contributed by atoms with Gasteiger partial charge in [-0.3, -0.25) is 9.80 Å². The zero-order chi connectivity index (χ0) is 18.5. The molecule has 4 rings (SSSR count). The van der Waals surface area contributed by atoms with Crippen LogP contribution in [0.5, 0.6) is 5.75 Å². The Kier molecular flexibility index (Phi) is 3.75. The Bertz CT molecular complexity index is 891. The third kappa shape index (κ3) is 2.30. The van der Waals surface area contributed by atoms with Crippen molar-refractivity contribution in [2.75, 3.05) is 25.7 Å². The first kappa shape index (κ1) is 16.6. The lowest BCUT2D eigenvalue weighted by atomic mass is 9.72. The van der Waals surface area contributed by atoms with Crippen LogP contribution in [0.25, 0.3) is 0 Å². The highest BCUT2D eigenvalue weighted by Gasteiger charge is 2.54. The van der Waals surface area contributed by atoms with Crippen molar-refractivity contribution < 1.29 is 9.53 Å². The molecule has 134 valence electrons. The van der Waals surface area contributed by atoms with Crippen LogP contribution in [0.3, 0.4) is 0 Å². The van der Waals surface area contributed by atoms with Crippen LogP contribution in [0.4, 0.5) is 5.69 Å². The predicted octanol–water partition coefficient (Wildman–Crippen LogP) is 2.98. The third-order valence-corrected chi connectivity index (χ3v) is 5.40. The average Bonchev–Trinajstić information content (AvgIpc) is 2.96. The Hall–Kier alpha value is -2.82. The number of aryl methyl sites for hydroxylation is 1. The smallest absolute Gasteiger partial charge is 0.270 e. The maximum atomic E-state index is 13.0. The molecule has 0 radical (unpaired) electrons. The fourth-order valence-corrected chi connectivity index (χ4v) is 3.83. The molecule has 0 aliphatic carbocycles. The molecule has 2 aromatic carbocycles. The first-order valence-electron chi connectivity index (χ1n) is 8.82. The van der Waals surface area contributed by atoms with E-state index in [2.05, 4.69) is 25.1 Å². The predicted molar refractivity (Wildman–Crippen MR) is 103 cm³/mol. The SMILES string of the molecule is Cc1ccc2c(c1)N1N=C(C(=O)N(C)C)C(C)(c3ccccc3)C1CO2. The van der Waals surface area contributed by atoms with Crippen LogP contribution in [-0.4, -0.2) is 43.3 Å². The summed E-state index contributed by atoms with van der Waals surface area (Å²) in [4.78, 5) is 14.6. The molecule has 1 amide bonds. The van der Waals surface area contributed by atoms with Gasteiger partial charge in [0.1, 0.15) is 29.8 Å². The minimum absolute atomic E-state index is 0.0695. The molecule has 0 bridgehead atoms. The minimum atomic E-state index is -0.552. The summed E-state index contributed by atoms with van der Waals surface area (Å²) in [6.45, 7) is 4.62. The second kappa shape index (κ2) is 5.87. The average molecular weight is 349 g/mol. The number of carbonyl (C=O) groups excluding carboxylic acids is 1. The van der Waals surface area contributed by atoms with E-state index in [9.17, 15) is 4.79 Å². The van der Waals surface area contributed by atoms with Gasteiger partial charge < -0.3 is 9.64 Å². The molecule has 5 heteroatoms. The van der Waals surface area contributed by atoms with Gasteiger partial charge in [-0.15, -0.1) is 0 Å². The van der Waals surface area contributed by atoms with E-state index in [1.165, 1.54) is 0 Å². The molecule has 26 heavy (non-hydrogen) atoms. The summed E-state index contributed by atoms with van der Waals surface area (Å²) in [5.41, 5.74) is 3.13. The molecule has 5 nitrogen and oxygen atoms in total. The van der Waals surface area contributed by atoms with Crippen LogP contribution >= 0.6 is 0 Å². The molecule has 2 atom stereocenters. The Morgan fingerprint density at radius 2 is 1.96 bits per heavy atom. The van der Waals surface area contributed by atoms with E-state index in [4.69, 9.17) is 9.84 Å². The number of rotatable bonds is 2. The van der Waals surface area contributed by atoms with Crippen molar-refractivity contribution in [3.8, 4) is 5.75 Å². The molecule has 0 N–H and O–H groups in total. The molecule has 0 spiro atoms. The number of nitrogens with zero attached hydrogens (tertiary/aromatic N) is 3. The van der Waals surface area contributed by atoms with Crippen LogP contribution in [-0.2, 0) is 10.2 Å². The van der Waals surface area contributed by atoms with Crippen molar-refractivity contribution in [1.82, 2.24) is 4.90 Å². The molecule has 2 aromatic rings. The van der Waals surface area contributed by atoms with Gasteiger partial charge in [0.15, 0.2) is 0 Å².